The molecule has 22 heavy (non-hydrogen) atoms. The third kappa shape index (κ3) is 2.16. The molecule has 0 unspecified atom stereocenters. The first-order valence-electron chi connectivity index (χ1n) is 6.62. The fourth-order valence-corrected chi connectivity index (χ4v) is 2.54. The van der Waals surface area contributed by atoms with Gasteiger partial charge in [-0.1, -0.05) is 0 Å². The summed E-state index contributed by atoms with van der Waals surface area (Å²) in [6.07, 6.45) is -1.65. The van der Waals surface area contributed by atoms with Crippen molar-refractivity contribution >= 4 is 17.0 Å². The Bertz CT molecular complexity index is 677. The van der Waals surface area contributed by atoms with Crippen LogP contribution in [0.25, 0.3) is 11.2 Å². The lowest BCUT2D eigenvalue weighted by molar-refractivity contribution is -0.0583. The predicted octanol–water partition coefficient (Wildman–Crippen LogP) is -1.32. The van der Waals surface area contributed by atoms with Gasteiger partial charge in [0.2, 0.25) is 0 Å². The molecule has 1 saturated heterocycles. The van der Waals surface area contributed by atoms with Crippen LogP contribution in [0.3, 0.4) is 0 Å². The van der Waals surface area contributed by atoms with Crippen LogP contribution < -0.4 is 10.5 Å². The van der Waals surface area contributed by atoms with Crippen LogP contribution in [-0.2, 0) is 9.47 Å². The number of ether oxygens (including phenoxy) is 3. The third-order valence-corrected chi connectivity index (χ3v) is 3.65. The molecule has 0 amide bonds. The maximum Gasteiger partial charge on any atom is 0.320 e. The Morgan fingerprint density at radius 3 is 2.82 bits per heavy atom. The maximum atomic E-state index is 10.1. The summed E-state index contributed by atoms with van der Waals surface area (Å²) >= 11 is 0. The fraction of sp³-hybridized carbons (Fsp3) is 0.583. The number of nitrogens with zero attached hydrogens (tertiary/aromatic N) is 4. The SMILES string of the molecule is COc1nc(N)c2ncn([C@@H]3O[C@H](CO)[C@@H](O)[C@H]3OC)c2n1. The van der Waals surface area contributed by atoms with Gasteiger partial charge in [0, 0.05) is 7.11 Å². The zero-order valence-corrected chi connectivity index (χ0v) is 12.1. The normalized spacial score (nSPS) is 28.4. The standard InChI is InChI=1S/C12H17N5O5/c1-20-8-7(19)5(3-18)22-11(8)17-4-14-6-9(13)15-12(21-2)16-10(6)17/h4-5,7-8,11,18-19H,3H2,1-2H3,(H2,13,15,16)/t5-,7-,8-,11-/m1/s1. The van der Waals surface area contributed by atoms with E-state index in [0.29, 0.717) is 11.2 Å². The first-order chi connectivity index (χ1) is 10.6. The van der Waals surface area contributed by atoms with Gasteiger partial charge in [-0.3, -0.25) is 4.57 Å². The average Bonchev–Trinajstić information content (AvgIpc) is 3.07. The fourth-order valence-electron chi connectivity index (χ4n) is 2.54. The molecule has 3 rings (SSSR count). The minimum Gasteiger partial charge on any atom is -0.467 e. The number of aliphatic hydroxyl groups excluding tert-OH is 2. The Morgan fingerprint density at radius 1 is 1.41 bits per heavy atom. The van der Waals surface area contributed by atoms with Crippen molar-refractivity contribution in [3.8, 4) is 6.01 Å². The lowest BCUT2D eigenvalue weighted by atomic mass is 10.1. The van der Waals surface area contributed by atoms with Crippen molar-refractivity contribution in [1.29, 1.82) is 0 Å². The molecule has 1 aliphatic rings. The number of rotatable bonds is 4. The number of nitrogens with two attached hydrogens (primary N) is 1. The molecule has 2 aromatic heterocycles. The Balaban J connectivity index is 2.08. The summed E-state index contributed by atoms with van der Waals surface area (Å²) in [5.41, 5.74) is 6.61. The summed E-state index contributed by atoms with van der Waals surface area (Å²) in [4.78, 5) is 12.3. The molecule has 3 heterocycles. The van der Waals surface area contributed by atoms with E-state index >= 15 is 0 Å². The lowest BCUT2D eigenvalue weighted by Crippen LogP contribution is -2.34. The lowest BCUT2D eigenvalue weighted by Gasteiger charge is -2.20. The molecule has 0 aliphatic carbocycles. The van der Waals surface area contributed by atoms with Crippen LogP contribution in [0.2, 0.25) is 0 Å². The van der Waals surface area contributed by atoms with Gasteiger partial charge in [0.15, 0.2) is 23.2 Å². The van der Waals surface area contributed by atoms with Crippen LogP contribution in [0.4, 0.5) is 5.82 Å². The van der Waals surface area contributed by atoms with Crippen molar-refractivity contribution in [2.24, 2.45) is 0 Å². The smallest absolute Gasteiger partial charge is 0.320 e. The van der Waals surface area contributed by atoms with Gasteiger partial charge in [-0.25, -0.2) is 4.98 Å². The largest absolute Gasteiger partial charge is 0.467 e. The van der Waals surface area contributed by atoms with Crippen LogP contribution >= 0.6 is 0 Å². The van der Waals surface area contributed by atoms with Crippen molar-refractivity contribution in [2.75, 3.05) is 26.6 Å². The Hall–Kier alpha value is -2.01. The van der Waals surface area contributed by atoms with Gasteiger partial charge in [-0.05, 0) is 0 Å². The second-order valence-electron chi connectivity index (χ2n) is 4.86. The molecule has 0 radical (unpaired) electrons. The quantitative estimate of drug-likeness (QED) is 0.627. The molecule has 4 N–H and O–H groups in total. The van der Waals surface area contributed by atoms with Crippen molar-refractivity contribution < 1.29 is 24.4 Å². The van der Waals surface area contributed by atoms with E-state index in [9.17, 15) is 10.2 Å². The first kappa shape index (κ1) is 14.9. The molecule has 0 saturated carbocycles. The molecule has 10 heteroatoms. The van der Waals surface area contributed by atoms with Crippen LogP contribution in [0.1, 0.15) is 6.23 Å². The van der Waals surface area contributed by atoms with Crippen LogP contribution in [0.15, 0.2) is 6.33 Å². The number of imidazole rings is 1. The molecule has 10 nitrogen and oxygen atoms in total. The third-order valence-electron chi connectivity index (χ3n) is 3.65. The zero-order chi connectivity index (χ0) is 15.9. The van der Waals surface area contributed by atoms with Crippen LogP contribution in [0.5, 0.6) is 6.01 Å². The summed E-state index contributed by atoms with van der Waals surface area (Å²) in [5, 5.41) is 19.4. The minimum absolute atomic E-state index is 0.0953. The van der Waals surface area contributed by atoms with Gasteiger partial charge >= 0.3 is 6.01 Å². The molecule has 0 spiro atoms. The first-order valence-corrected chi connectivity index (χ1v) is 6.62. The molecule has 1 aliphatic heterocycles. The van der Waals surface area contributed by atoms with E-state index in [1.54, 1.807) is 4.57 Å². The van der Waals surface area contributed by atoms with Gasteiger partial charge in [0.1, 0.15) is 18.3 Å². The second-order valence-corrected chi connectivity index (χ2v) is 4.86. The monoisotopic (exact) mass is 311 g/mol. The Kier molecular flexibility index (Phi) is 3.83. The van der Waals surface area contributed by atoms with Crippen molar-refractivity contribution in [3.05, 3.63) is 6.33 Å². The topological polar surface area (TPSA) is 138 Å². The summed E-state index contributed by atoms with van der Waals surface area (Å²) in [5.74, 6) is 0.173. The van der Waals surface area contributed by atoms with Crippen molar-refractivity contribution in [1.82, 2.24) is 19.5 Å². The van der Waals surface area contributed by atoms with Gasteiger partial charge in [-0.15, -0.1) is 0 Å². The predicted molar refractivity (Wildman–Crippen MR) is 74.1 cm³/mol. The number of nitrogen functional groups attached to an aromatic ring is 1. The number of aliphatic hydroxyl groups is 2. The molecule has 2 aromatic rings. The molecular weight excluding hydrogens is 294 g/mol. The van der Waals surface area contributed by atoms with Crippen LogP contribution in [-0.4, -0.2) is 68.9 Å². The van der Waals surface area contributed by atoms with E-state index < -0.39 is 24.5 Å². The number of aromatic nitrogens is 4. The number of methoxy groups -OCH3 is 2. The summed E-state index contributed by atoms with van der Waals surface area (Å²) in [6.45, 7) is -0.329. The Morgan fingerprint density at radius 2 is 2.18 bits per heavy atom. The second kappa shape index (κ2) is 5.65. The van der Waals surface area contributed by atoms with E-state index in [4.69, 9.17) is 19.9 Å². The van der Waals surface area contributed by atoms with Gasteiger partial charge in [0.05, 0.1) is 20.0 Å². The minimum atomic E-state index is -0.974. The van der Waals surface area contributed by atoms with Crippen LogP contribution in [0, 0.1) is 0 Å². The highest BCUT2D eigenvalue weighted by molar-refractivity contribution is 5.82. The highest BCUT2D eigenvalue weighted by Crippen LogP contribution is 2.33. The molecule has 0 bridgehead atoms. The zero-order valence-electron chi connectivity index (χ0n) is 12.1. The Labute approximate surface area is 125 Å². The van der Waals surface area contributed by atoms with Gasteiger partial charge in [0.25, 0.3) is 0 Å². The summed E-state index contributed by atoms with van der Waals surface area (Å²) in [6, 6.07) is 0.0953. The van der Waals surface area contributed by atoms with Crippen molar-refractivity contribution in [3.63, 3.8) is 0 Å². The molecular formula is C12H17N5O5. The van der Waals surface area contributed by atoms with E-state index in [2.05, 4.69) is 15.0 Å². The molecule has 4 atom stereocenters. The van der Waals surface area contributed by atoms with E-state index in [0.717, 1.165) is 0 Å². The number of anilines is 1. The number of fused-ring (bicyclic) bond motifs is 1. The number of hydrogen-bond acceptors (Lipinski definition) is 9. The van der Waals surface area contributed by atoms with Gasteiger partial charge < -0.3 is 30.2 Å². The maximum absolute atomic E-state index is 10.1. The highest BCUT2D eigenvalue weighted by atomic mass is 16.6. The number of hydrogen-bond donors (Lipinski definition) is 3. The summed E-state index contributed by atoms with van der Waals surface area (Å²) in [7, 11) is 2.88. The highest BCUT2D eigenvalue weighted by Gasteiger charge is 2.45. The molecule has 1 fully saturated rings. The van der Waals surface area contributed by atoms with Crippen molar-refractivity contribution in [2.45, 2.75) is 24.5 Å². The molecule has 0 aromatic carbocycles. The molecule has 120 valence electrons. The van der Waals surface area contributed by atoms with E-state index in [-0.39, 0.29) is 18.4 Å². The van der Waals surface area contributed by atoms with E-state index in [1.807, 2.05) is 0 Å². The van der Waals surface area contributed by atoms with E-state index in [1.165, 1.54) is 20.5 Å². The summed E-state index contributed by atoms with van der Waals surface area (Å²) < 4.78 is 17.5. The average molecular weight is 311 g/mol. The van der Waals surface area contributed by atoms with Gasteiger partial charge in [-0.2, -0.15) is 9.97 Å².